The molecular formula is C19H30ClN3O5S2. The van der Waals surface area contributed by atoms with E-state index in [4.69, 9.17) is 0 Å². The molecule has 0 bridgehead atoms. The number of hydrogen-bond donors (Lipinski definition) is 0. The fraction of sp³-hybridized carbons (Fsp3) is 0.632. The zero-order valence-electron chi connectivity index (χ0n) is 17.8. The highest BCUT2D eigenvalue weighted by Gasteiger charge is 2.59. The minimum atomic E-state index is -3.85. The van der Waals surface area contributed by atoms with Crippen molar-refractivity contribution in [3.63, 3.8) is 0 Å². The highest BCUT2D eigenvalue weighted by Crippen LogP contribution is 2.43. The standard InChI is InChI=1S/C19H29N3O5S2.ClH/c1-13(2)17-18-16(22(19(17)23)28(5,24)25)10-11-21(18)29(26,27)15-8-6-14(7-9-15)12-20(3)4;/h6-9,13,16-18H,10-12H2,1-5H3;1H/t16-,17+,18-;/m0./s1. The van der Waals surface area contributed by atoms with Crippen LogP contribution >= 0.6 is 12.4 Å². The minimum absolute atomic E-state index is 0. The topological polar surface area (TPSA) is 95.1 Å². The van der Waals surface area contributed by atoms with E-state index in [0.717, 1.165) is 16.1 Å². The molecule has 0 saturated carbocycles. The maximum Gasteiger partial charge on any atom is 0.243 e. The van der Waals surface area contributed by atoms with Crippen LogP contribution in [-0.4, -0.2) is 75.2 Å². The number of sulfonamides is 2. The highest BCUT2D eigenvalue weighted by molar-refractivity contribution is 7.89. The summed E-state index contributed by atoms with van der Waals surface area (Å²) in [5, 5.41) is 0. The number of halogens is 1. The van der Waals surface area contributed by atoms with Crippen LogP contribution in [0.3, 0.4) is 0 Å². The second-order valence-electron chi connectivity index (χ2n) is 8.51. The average molecular weight is 480 g/mol. The van der Waals surface area contributed by atoms with E-state index in [0.29, 0.717) is 13.0 Å². The number of nitrogens with zero attached hydrogens (tertiary/aromatic N) is 3. The van der Waals surface area contributed by atoms with Gasteiger partial charge in [-0.25, -0.2) is 21.1 Å². The minimum Gasteiger partial charge on any atom is -0.305 e. The van der Waals surface area contributed by atoms with Crippen LogP contribution in [0.2, 0.25) is 0 Å². The summed E-state index contributed by atoms with van der Waals surface area (Å²) in [4.78, 5) is 15.0. The summed E-state index contributed by atoms with van der Waals surface area (Å²) in [7, 11) is -3.74. The van der Waals surface area contributed by atoms with Gasteiger partial charge in [0.25, 0.3) is 0 Å². The Morgan fingerprint density at radius 3 is 2.13 bits per heavy atom. The van der Waals surface area contributed by atoms with E-state index in [2.05, 4.69) is 0 Å². The first kappa shape index (κ1) is 25.1. The molecular weight excluding hydrogens is 450 g/mol. The van der Waals surface area contributed by atoms with Crippen molar-refractivity contribution >= 4 is 38.4 Å². The molecule has 2 aliphatic rings. The van der Waals surface area contributed by atoms with Gasteiger partial charge in [0.05, 0.1) is 29.2 Å². The number of carbonyl (C=O) groups excluding carboxylic acids is 1. The summed E-state index contributed by atoms with van der Waals surface area (Å²) in [6, 6.07) is 5.40. The van der Waals surface area contributed by atoms with Crippen molar-refractivity contribution in [1.29, 1.82) is 0 Å². The van der Waals surface area contributed by atoms with Crippen molar-refractivity contribution in [1.82, 2.24) is 13.5 Å². The zero-order valence-corrected chi connectivity index (χ0v) is 20.3. The van der Waals surface area contributed by atoms with E-state index in [9.17, 15) is 21.6 Å². The summed E-state index contributed by atoms with van der Waals surface area (Å²) >= 11 is 0. The average Bonchev–Trinajstić information content (AvgIpc) is 3.10. The SMILES string of the molecule is CC(C)[C@H]1C(=O)N(S(C)(=O)=O)[C@H]2CCN(S(=O)(=O)c3ccc(CN(C)C)cc3)[C@H]12.Cl. The monoisotopic (exact) mass is 479 g/mol. The highest BCUT2D eigenvalue weighted by atomic mass is 35.5. The molecule has 8 nitrogen and oxygen atoms in total. The molecule has 0 spiro atoms. The first-order valence-corrected chi connectivity index (χ1v) is 12.9. The Morgan fingerprint density at radius 2 is 1.67 bits per heavy atom. The Morgan fingerprint density at radius 1 is 1.10 bits per heavy atom. The van der Waals surface area contributed by atoms with Crippen LogP contribution in [0, 0.1) is 11.8 Å². The van der Waals surface area contributed by atoms with Crippen LogP contribution in [0.25, 0.3) is 0 Å². The molecule has 170 valence electrons. The largest absolute Gasteiger partial charge is 0.305 e. The van der Waals surface area contributed by atoms with Crippen molar-refractivity contribution in [3.05, 3.63) is 29.8 Å². The lowest BCUT2D eigenvalue weighted by molar-refractivity contribution is -0.129. The van der Waals surface area contributed by atoms with Crippen LogP contribution in [0.5, 0.6) is 0 Å². The van der Waals surface area contributed by atoms with Crippen molar-refractivity contribution in [2.75, 3.05) is 26.9 Å². The predicted molar refractivity (Wildman–Crippen MR) is 117 cm³/mol. The third-order valence-electron chi connectivity index (χ3n) is 5.65. The summed E-state index contributed by atoms with van der Waals surface area (Å²) in [6.45, 7) is 4.54. The molecule has 2 saturated heterocycles. The second-order valence-corrected chi connectivity index (χ2v) is 12.3. The molecule has 1 amide bonds. The van der Waals surface area contributed by atoms with Crippen molar-refractivity contribution in [2.24, 2.45) is 11.8 Å². The van der Waals surface area contributed by atoms with Gasteiger partial charge in [-0.2, -0.15) is 4.31 Å². The Balaban J connectivity index is 0.00000320. The number of amides is 1. The maximum absolute atomic E-state index is 13.4. The Labute approximate surface area is 185 Å². The molecule has 30 heavy (non-hydrogen) atoms. The molecule has 3 atom stereocenters. The molecule has 0 radical (unpaired) electrons. The number of fused-ring (bicyclic) bond motifs is 1. The molecule has 2 aliphatic heterocycles. The van der Waals surface area contributed by atoms with Gasteiger partial charge in [0.2, 0.25) is 26.0 Å². The van der Waals surface area contributed by atoms with Gasteiger partial charge in [-0.1, -0.05) is 26.0 Å². The van der Waals surface area contributed by atoms with Crippen molar-refractivity contribution < 1.29 is 21.6 Å². The van der Waals surface area contributed by atoms with Crippen molar-refractivity contribution in [3.8, 4) is 0 Å². The lowest BCUT2D eigenvalue weighted by atomic mass is 9.89. The van der Waals surface area contributed by atoms with Crippen LogP contribution < -0.4 is 0 Å². The molecule has 0 aliphatic carbocycles. The van der Waals surface area contributed by atoms with Crippen LogP contribution in [-0.2, 0) is 31.4 Å². The van der Waals surface area contributed by atoms with E-state index in [1.165, 1.54) is 4.31 Å². The molecule has 3 rings (SSSR count). The van der Waals surface area contributed by atoms with Gasteiger partial charge in [-0.05, 0) is 44.1 Å². The fourth-order valence-corrected chi connectivity index (χ4v) is 7.40. The molecule has 2 heterocycles. The van der Waals surface area contributed by atoms with E-state index in [1.807, 2.05) is 32.8 Å². The first-order chi connectivity index (χ1) is 13.4. The second kappa shape index (κ2) is 8.74. The van der Waals surface area contributed by atoms with Crippen LogP contribution in [0.4, 0.5) is 0 Å². The maximum atomic E-state index is 13.4. The smallest absolute Gasteiger partial charge is 0.243 e. The van der Waals surface area contributed by atoms with Crippen LogP contribution in [0.1, 0.15) is 25.8 Å². The Bertz CT molecular complexity index is 994. The van der Waals surface area contributed by atoms with E-state index in [1.54, 1.807) is 24.3 Å². The quantitative estimate of drug-likeness (QED) is 0.611. The van der Waals surface area contributed by atoms with Gasteiger partial charge in [-0.15, -0.1) is 12.4 Å². The molecule has 1 aromatic carbocycles. The van der Waals surface area contributed by atoms with E-state index in [-0.39, 0.29) is 29.8 Å². The van der Waals surface area contributed by atoms with E-state index < -0.39 is 44.0 Å². The zero-order chi connectivity index (χ0) is 21.7. The molecule has 1 aromatic rings. The van der Waals surface area contributed by atoms with Gasteiger partial charge in [-0.3, -0.25) is 4.79 Å². The van der Waals surface area contributed by atoms with Gasteiger partial charge >= 0.3 is 0 Å². The molecule has 0 N–H and O–H groups in total. The first-order valence-electron chi connectivity index (χ1n) is 9.64. The fourth-order valence-electron chi connectivity index (χ4n) is 4.54. The Kier molecular flexibility index (Phi) is 7.30. The number of carbonyl (C=O) groups is 1. The number of benzene rings is 1. The molecule has 0 unspecified atom stereocenters. The third-order valence-corrected chi connectivity index (χ3v) is 8.72. The summed E-state index contributed by atoms with van der Waals surface area (Å²) in [5.41, 5.74) is 0.993. The Hall–Kier alpha value is -1.20. The lowest BCUT2D eigenvalue weighted by Crippen LogP contribution is -2.44. The van der Waals surface area contributed by atoms with Crippen molar-refractivity contribution in [2.45, 2.75) is 43.8 Å². The molecule has 11 heteroatoms. The number of rotatable bonds is 6. The summed E-state index contributed by atoms with van der Waals surface area (Å²) in [5.74, 6) is -1.36. The molecule has 0 aromatic heterocycles. The summed E-state index contributed by atoms with van der Waals surface area (Å²) < 4.78 is 53.5. The molecule has 2 fully saturated rings. The predicted octanol–water partition coefficient (Wildman–Crippen LogP) is 1.38. The van der Waals surface area contributed by atoms with Gasteiger partial charge in [0, 0.05) is 13.1 Å². The van der Waals surface area contributed by atoms with E-state index >= 15 is 0 Å². The third kappa shape index (κ3) is 4.38. The lowest BCUT2D eigenvalue weighted by Gasteiger charge is -2.28. The number of hydrogen-bond acceptors (Lipinski definition) is 6. The normalized spacial score (nSPS) is 25.1. The summed E-state index contributed by atoms with van der Waals surface area (Å²) in [6.07, 6.45) is 1.32. The van der Waals surface area contributed by atoms with Gasteiger partial charge < -0.3 is 4.90 Å². The van der Waals surface area contributed by atoms with Gasteiger partial charge in [0.1, 0.15) is 0 Å². The van der Waals surface area contributed by atoms with Crippen LogP contribution in [0.15, 0.2) is 29.2 Å². The van der Waals surface area contributed by atoms with Gasteiger partial charge in [0.15, 0.2) is 0 Å².